The maximum atomic E-state index is 7.94. The van der Waals surface area contributed by atoms with Crippen LogP contribution >= 0.6 is 0 Å². The molecule has 48 valence electrons. The highest BCUT2D eigenvalue weighted by molar-refractivity contribution is 5.54. The molecule has 2 N–H and O–H groups in total. The molecular formula is C5H12N2O. The molecule has 0 rings (SSSR count). The zero-order chi connectivity index (χ0) is 6.62. The van der Waals surface area contributed by atoms with Gasteiger partial charge in [0.15, 0.2) is 0 Å². The van der Waals surface area contributed by atoms with Crippen LogP contribution in [-0.2, 0) is 0 Å². The molecule has 0 radical (unpaired) electrons. The van der Waals surface area contributed by atoms with Crippen molar-refractivity contribution in [3.63, 3.8) is 0 Å². The predicted octanol–water partition coefficient (Wildman–Crippen LogP) is 0.792. The van der Waals surface area contributed by atoms with Gasteiger partial charge in [-0.2, -0.15) is 0 Å². The third-order valence-electron chi connectivity index (χ3n) is 0.555. The van der Waals surface area contributed by atoms with Gasteiger partial charge in [-0.15, -0.1) is 0 Å². The molecule has 0 aliphatic heterocycles. The van der Waals surface area contributed by atoms with E-state index in [1.54, 1.807) is 0 Å². The second-order valence-corrected chi connectivity index (χ2v) is 2.64. The Hall–Kier alpha value is -0.730. The van der Waals surface area contributed by atoms with Crippen molar-refractivity contribution in [3.8, 4) is 0 Å². The van der Waals surface area contributed by atoms with Gasteiger partial charge in [0, 0.05) is 5.54 Å². The summed E-state index contributed by atoms with van der Waals surface area (Å²) in [4.78, 5) is 0. The lowest BCUT2D eigenvalue weighted by molar-refractivity contribution is 0.317. The van der Waals surface area contributed by atoms with Crippen LogP contribution in [0.4, 0.5) is 0 Å². The molecule has 3 heteroatoms. The lowest BCUT2D eigenvalue weighted by Crippen LogP contribution is -2.34. The largest absolute Gasteiger partial charge is 0.410 e. The molecule has 0 amide bonds. The Balaban J connectivity index is 3.39. The molecule has 0 atom stereocenters. The predicted molar refractivity (Wildman–Crippen MR) is 33.2 cm³/mol. The Bertz CT molecular complexity index is 82.9. The summed E-state index contributed by atoms with van der Waals surface area (Å²) < 4.78 is 0. The molecule has 0 unspecified atom stereocenters. The third kappa shape index (κ3) is 5.27. The maximum Gasteiger partial charge on any atom is 0.128 e. The minimum absolute atomic E-state index is 0.00771. The summed E-state index contributed by atoms with van der Waals surface area (Å²) in [7, 11) is 0. The molecule has 0 bridgehead atoms. The van der Waals surface area contributed by atoms with E-state index in [1.807, 2.05) is 20.8 Å². The van der Waals surface area contributed by atoms with Crippen LogP contribution < -0.4 is 5.32 Å². The van der Waals surface area contributed by atoms with Crippen LogP contribution in [0, 0.1) is 0 Å². The van der Waals surface area contributed by atoms with Crippen LogP contribution in [-0.4, -0.2) is 17.1 Å². The lowest BCUT2D eigenvalue weighted by atomic mass is 10.1. The van der Waals surface area contributed by atoms with E-state index in [1.165, 1.54) is 6.34 Å². The normalized spacial score (nSPS) is 12.4. The highest BCUT2D eigenvalue weighted by Gasteiger charge is 2.04. The molecule has 0 fully saturated rings. The van der Waals surface area contributed by atoms with Crippen molar-refractivity contribution >= 4 is 6.34 Å². The quantitative estimate of drug-likeness (QED) is 0.230. The monoisotopic (exact) mass is 116 g/mol. The Morgan fingerprint density at radius 3 is 2.12 bits per heavy atom. The van der Waals surface area contributed by atoms with E-state index in [4.69, 9.17) is 5.21 Å². The molecule has 8 heavy (non-hydrogen) atoms. The van der Waals surface area contributed by atoms with E-state index in [-0.39, 0.29) is 5.54 Å². The molecule has 0 aromatic rings. The van der Waals surface area contributed by atoms with Gasteiger partial charge in [-0.05, 0) is 20.8 Å². The maximum absolute atomic E-state index is 7.94. The Labute approximate surface area is 49.4 Å². The van der Waals surface area contributed by atoms with Crippen molar-refractivity contribution in [2.24, 2.45) is 5.16 Å². The average molecular weight is 116 g/mol. The second-order valence-electron chi connectivity index (χ2n) is 2.64. The Morgan fingerprint density at radius 2 is 2.00 bits per heavy atom. The fourth-order valence-electron chi connectivity index (χ4n) is 0.223. The molecule has 0 aromatic carbocycles. The van der Waals surface area contributed by atoms with Gasteiger partial charge in [0.25, 0.3) is 0 Å². The zero-order valence-electron chi connectivity index (χ0n) is 5.47. The van der Waals surface area contributed by atoms with Gasteiger partial charge in [-0.3, -0.25) is 0 Å². The topological polar surface area (TPSA) is 44.6 Å². The van der Waals surface area contributed by atoms with E-state index < -0.39 is 0 Å². The number of oxime groups is 1. The van der Waals surface area contributed by atoms with Crippen molar-refractivity contribution in [2.45, 2.75) is 26.3 Å². The highest BCUT2D eigenvalue weighted by atomic mass is 16.4. The van der Waals surface area contributed by atoms with Gasteiger partial charge in [0.2, 0.25) is 0 Å². The first-order chi connectivity index (χ1) is 3.56. The van der Waals surface area contributed by atoms with E-state index in [0.29, 0.717) is 0 Å². The summed E-state index contributed by atoms with van der Waals surface area (Å²) in [6, 6.07) is 0. The van der Waals surface area contributed by atoms with E-state index in [9.17, 15) is 0 Å². The second kappa shape index (κ2) is 2.55. The summed E-state index contributed by atoms with van der Waals surface area (Å²) in [5, 5.41) is 13.6. The molecule has 0 spiro atoms. The van der Waals surface area contributed by atoms with Crippen LogP contribution in [0.5, 0.6) is 0 Å². The van der Waals surface area contributed by atoms with Crippen LogP contribution in [0.3, 0.4) is 0 Å². The molecule has 0 heterocycles. The first kappa shape index (κ1) is 7.27. The zero-order valence-corrected chi connectivity index (χ0v) is 5.47. The SMILES string of the molecule is CC(C)(C)NC=NO. The summed E-state index contributed by atoms with van der Waals surface area (Å²) in [6.07, 6.45) is 1.26. The standard InChI is InChI=1S/C5H12N2O/c1-5(2,3)6-4-7-8/h4,8H,1-3H3,(H,6,7). The summed E-state index contributed by atoms with van der Waals surface area (Å²) in [5.41, 5.74) is -0.00771. The number of nitrogens with one attached hydrogen (secondary N) is 1. The number of hydrogen-bond donors (Lipinski definition) is 2. The first-order valence-electron chi connectivity index (χ1n) is 2.50. The van der Waals surface area contributed by atoms with Gasteiger partial charge in [0.1, 0.15) is 6.34 Å². The Kier molecular flexibility index (Phi) is 2.31. The molecule has 0 aliphatic carbocycles. The fraction of sp³-hybridized carbons (Fsp3) is 0.800. The summed E-state index contributed by atoms with van der Waals surface area (Å²) in [5.74, 6) is 0. The molecule has 0 saturated heterocycles. The van der Waals surface area contributed by atoms with Crippen LogP contribution in [0.2, 0.25) is 0 Å². The third-order valence-corrected chi connectivity index (χ3v) is 0.555. The fourth-order valence-corrected chi connectivity index (χ4v) is 0.223. The first-order valence-corrected chi connectivity index (χ1v) is 2.50. The minimum atomic E-state index is -0.00771. The van der Waals surface area contributed by atoms with Crippen molar-refractivity contribution in [3.05, 3.63) is 0 Å². The van der Waals surface area contributed by atoms with Crippen molar-refractivity contribution in [1.82, 2.24) is 5.32 Å². The average Bonchev–Trinajstić information content (AvgIpc) is 1.59. The van der Waals surface area contributed by atoms with Gasteiger partial charge in [-0.1, -0.05) is 5.16 Å². The minimum Gasteiger partial charge on any atom is -0.410 e. The van der Waals surface area contributed by atoms with Gasteiger partial charge in [0.05, 0.1) is 0 Å². The molecule has 0 aromatic heterocycles. The molecule has 0 saturated carbocycles. The summed E-state index contributed by atoms with van der Waals surface area (Å²) in [6.45, 7) is 5.94. The Morgan fingerprint density at radius 1 is 1.50 bits per heavy atom. The van der Waals surface area contributed by atoms with Crippen LogP contribution in [0.1, 0.15) is 20.8 Å². The number of rotatable bonds is 1. The lowest BCUT2D eigenvalue weighted by Gasteiger charge is -2.16. The highest BCUT2D eigenvalue weighted by Crippen LogP contribution is 1.94. The van der Waals surface area contributed by atoms with Gasteiger partial charge >= 0.3 is 0 Å². The van der Waals surface area contributed by atoms with Gasteiger partial charge in [-0.25, -0.2) is 0 Å². The molecule has 0 aliphatic rings. The number of hydrogen-bond acceptors (Lipinski definition) is 2. The van der Waals surface area contributed by atoms with Crippen LogP contribution in [0.15, 0.2) is 5.16 Å². The van der Waals surface area contributed by atoms with E-state index >= 15 is 0 Å². The van der Waals surface area contributed by atoms with E-state index in [0.717, 1.165) is 0 Å². The van der Waals surface area contributed by atoms with E-state index in [2.05, 4.69) is 10.5 Å². The molecular weight excluding hydrogens is 104 g/mol. The van der Waals surface area contributed by atoms with Crippen LogP contribution in [0.25, 0.3) is 0 Å². The smallest absolute Gasteiger partial charge is 0.128 e. The van der Waals surface area contributed by atoms with Crippen molar-refractivity contribution < 1.29 is 5.21 Å². The van der Waals surface area contributed by atoms with Crippen molar-refractivity contribution in [2.75, 3.05) is 0 Å². The number of nitrogens with zero attached hydrogens (tertiary/aromatic N) is 1. The molecule has 3 nitrogen and oxygen atoms in total. The van der Waals surface area contributed by atoms with Crippen molar-refractivity contribution in [1.29, 1.82) is 0 Å². The summed E-state index contributed by atoms with van der Waals surface area (Å²) >= 11 is 0. The van der Waals surface area contributed by atoms with Gasteiger partial charge < -0.3 is 10.5 Å².